The van der Waals surface area contributed by atoms with Crippen molar-refractivity contribution >= 4 is 28.5 Å². The fourth-order valence-corrected chi connectivity index (χ4v) is 2.97. The Morgan fingerprint density at radius 2 is 2.00 bits per heavy atom. The maximum Gasteiger partial charge on any atom is 0.316 e. The SMILES string of the molecule is Cc1ccc2cc(COC(=O)C(C)(C)c3cccnc3)c(Cl)nc2c1C. The van der Waals surface area contributed by atoms with E-state index in [1.54, 1.807) is 18.5 Å². The van der Waals surface area contributed by atoms with Crippen LogP contribution in [0.3, 0.4) is 0 Å². The second-order valence-electron chi connectivity index (χ2n) is 6.96. The molecule has 0 aliphatic rings. The van der Waals surface area contributed by atoms with Crippen LogP contribution in [0.5, 0.6) is 0 Å². The highest BCUT2D eigenvalue weighted by Crippen LogP contribution is 2.27. The highest BCUT2D eigenvalue weighted by atomic mass is 35.5. The maximum atomic E-state index is 12.6. The Morgan fingerprint density at radius 1 is 1.23 bits per heavy atom. The topological polar surface area (TPSA) is 52.1 Å². The van der Waals surface area contributed by atoms with Crippen LogP contribution >= 0.6 is 11.6 Å². The zero-order valence-corrected chi connectivity index (χ0v) is 16.1. The standard InChI is InChI=1S/C21H21ClN2O2/c1-13-7-8-15-10-16(19(22)24-18(15)14(13)2)12-26-20(25)21(3,4)17-6-5-9-23-11-17/h5-11H,12H2,1-4H3. The lowest BCUT2D eigenvalue weighted by Gasteiger charge is -2.22. The molecule has 0 fully saturated rings. The Balaban J connectivity index is 1.82. The molecule has 4 nitrogen and oxygen atoms in total. The number of halogens is 1. The summed E-state index contributed by atoms with van der Waals surface area (Å²) in [6, 6.07) is 9.66. The van der Waals surface area contributed by atoms with Crippen molar-refractivity contribution in [2.75, 3.05) is 0 Å². The summed E-state index contributed by atoms with van der Waals surface area (Å²) in [5, 5.41) is 1.34. The van der Waals surface area contributed by atoms with Gasteiger partial charge in [0.05, 0.1) is 10.9 Å². The van der Waals surface area contributed by atoms with E-state index >= 15 is 0 Å². The molecular weight excluding hydrogens is 348 g/mol. The molecule has 0 radical (unpaired) electrons. The fourth-order valence-electron chi connectivity index (χ4n) is 2.78. The van der Waals surface area contributed by atoms with Crippen LogP contribution in [-0.2, 0) is 21.6 Å². The lowest BCUT2D eigenvalue weighted by molar-refractivity contribution is -0.150. The van der Waals surface area contributed by atoms with Gasteiger partial charge in [-0.1, -0.05) is 29.8 Å². The predicted molar refractivity (Wildman–Crippen MR) is 103 cm³/mol. The van der Waals surface area contributed by atoms with Gasteiger partial charge in [0.15, 0.2) is 0 Å². The number of esters is 1. The molecule has 2 aromatic heterocycles. The van der Waals surface area contributed by atoms with Crippen molar-refractivity contribution < 1.29 is 9.53 Å². The average Bonchev–Trinajstić information content (AvgIpc) is 2.64. The fraction of sp³-hybridized carbons (Fsp3) is 0.286. The number of pyridine rings is 2. The highest BCUT2D eigenvalue weighted by molar-refractivity contribution is 6.30. The molecule has 1 aromatic carbocycles. The third-order valence-electron chi connectivity index (χ3n) is 4.79. The van der Waals surface area contributed by atoms with Gasteiger partial charge in [0, 0.05) is 23.3 Å². The number of benzene rings is 1. The van der Waals surface area contributed by atoms with Crippen molar-refractivity contribution in [1.29, 1.82) is 0 Å². The first-order valence-electron chi connectivity index (χ1n) is 8.44. The van der Waals surface area contributed by atoms with Crippen molar-refractivity contribution in [1.82, 2.24) is 9.97 Å². The minimum atomic E-state index is -0.793. The zero-order valence-electron chi connectivity index (χ0n) is 15.3. The van der Waals surface area contributed by atoms with E-state index in [4.69, 9.17) is 16.3 Å². The molecule has 0 atom stereocenters. The van der Waals surface area contributed by atoms with Gasteiger partial charge in [-0.05, 0) is 56.5 Å². The number of aryl methyl sites for hydroxylation is 2. The number of carbonyl (C=O) groups excluding carboxylic acids is 1. The quantitative estimate of drug-likeness (QED) is 0.484. The van der Waals surface area contributed by atoms with Gasteiger partial charge in [-0.3, -0.25) is 9.78 Å². The summed E-state index contributed by atoms with van der Waals surface area (Å²) < 4.78 is 5.54. The van der Waals surface area contributed by atoms with Crippen LogP contribution in [0.25, 0.3) is 10.9 Å². The monoisotopic (exact) mass is 368 g/mol. The molecule has 0 bridgehead atoms. The first-order chi connectivity index (χ1) is 12.3. The second-order valence-corrected chi connectivity index (χ2v) is 7.32. The van der Waals surface area contributed by atoms with Gasteiger partial charge in [-0.2, -0.15) is 0 Å². The number of aromatic nitrogens is 2. The van der Waals surface area contributed by atoms with Crippen LogP contribution in [0.2, 0.25) is 5.15 Å². The number of carbonyl (C=O) groups is 1. The molecule has 0 unspecified atom stereocenters. The van der Waals surface area contributed by atoms with Crippen LogP contribution in [0.15, 0.2) is 42.7 Å². The molecule has 0 N–H and O–H groups in total. The summed E-state index contributed by atoms with van der Waals surface area (Å²) in [5.74, 6) is -0.332. The van der Waals surface area contributed by atoms with Crippen LogP contribution in [-0.4, -0.2) is 15.9 Å². The first-order valence-corrected chi connectivity index (χ1v) is 8.81. The minimum Gasteiger partial charge on any atom is -0.460 e. The van der Waals surface area contributed by atoms with Crippen molar-refractivity contribution in [3.8, 4) is 0 Å². The summed E-state index contributed by atoms with van der Waals surface area (Å²) in [5.41, 5.74) is 3.85. The minimum absolute atomic E-state index is 0.0806. The molecule has 0 saturated carbocycles. The molecule has 0 aliphatic heterocycles. The Kier molecular flexibility index (Phi) is 4.97. The van der Waals surface area contributed by atoms with Crippen LogP contribution in [0.4, 0.5) is 0 Å². The van der Waals surface area contributed by atoms with Crippen molar-refractivity contribution in [3.63, 3.8) is 0 Å². The summed E-state index contributed by atoms with van der Waals surface area (Å²) >= 11 is 6.33. The van der Waals surface area contributed by atoms with Crippen molar-refractivity contribution in [3.05, 3.63) is 70.1 Å². The van der Waals surface area contributed by atoms with Crippen LogP contribution < -0.4 is 0 Å². The first kappa shape index (κ1) is 18.3. The number of nitrogens with zero attached hydrogens (tertiary/aromatic N) is 2. The second kappa shape index (κ2) is 7.04. The molecule has 3 aromatic rings. The van der Waals surface area contributed by atoms with Crippen LogP contribution in [0, 0.1) is 13.8 Å². The third kappa shape index (κ3) is 3.42. The van der Waals surface area contributed by atoms with Gasteiger partial charge in [-0.25, -0.2) is 4.98 Å². The van der Waals surface area contributed by atoms with Crippen molar-refractivity contribution in [2.24, 2.45) is 0 Å². The van der Waals surface area contributed by atoms with E-state index in [0.717, 1.165) is 22.0 Å². The van der Waals surface area contributed by atoms with E-state index in [2.05, 4.69) is 16.0 Å². The predicted octanol–water partition coefficient (Wildman–Crippen LogP) is 4.92. The normalized spacial score (nSPS) is 11.6. The Labute approximate surface area is 158 Å². The molecule has 26 heavy (non-hydrogen) atoms. The van der Waals surface area contributed by atoms with Gasteiger partial charge in [0.2, 0.25) is 0 Å². The van der Waals surface area contributed by atoms with Gasteiger partial charge >= 0.3 is 5.97 Å². The number of hydrogen-bond acceptors (Lipinski definition) is 4. The molecule has 0 amide bonds. The maximum absolute atomic E-state index is 12.6. The molecule has 0 aliphatic carbocycles. The van der Waals surface area contributed by atoms with E-state index in [9.17, 15) is 4.79 Å². The van der Waals surface area contributed by atoms with Crippen LogP contribution in [0.1, 0.15) is 36.1 Å². The van der Waals surface area contributed by atoms with E-state index in [-0.39, 0.29) is 12.6 Å². The molecule has 134 valence electrons. The molecule has 3 rings (SSSR count). The Bertz CT molecular complexity index is 969. The zero-order chi connectivity index (χ0) is 18.9. The van der Waals surface area contributed by atoms with E-state index in [1.165, 1.54) is 5.56 Å². The molecule has 5 heteroatoms. The lowest BCUT2D eigenvalue weighted by atomic mass is 9.86. The number of ether oxygens (including phenoxy) is 1. The average molecular weight is 369 g/mol. The smallest absolute Gasteiger partial charge is 0.316 e. The van der Waals surface area contributed by atoms with Crippen molar-refractivity contribution in [2.45, 2.75) is 39.7 Å². The summed E-state index contributed by atoms with van der Waals surface area (Å²) in [4.78, 5) is 21.2. The third-order valence-corrected chi connectivity index (χ3v) is 5.12. The van der Waals surface area contributed by atoms with E-state index in [1.807, 2.05) is 45.9 Å². The molecule has 0 saturated heterocycles. The summed E-state index contributed by atoms with van der Waals surface area (Å²) in [6.07, 6.45) is 3.35. The molecular formula is C21H21ClN2O2. The molecule has 0 spiro atoms. The van der Waals surface area contributed by atoms with Gasteiger partial charge in [0.25, 0.3) is 0 Å². The number of rotatable bonds is 4. The largest absolute Gasteiger partial charge is 0.460 e. The van der Waals surface area contributed by atoms with Gasteiger partial charge < -0.3 is 4.74 Å². The lowest BCUT2D eigenvalue weighted by Crippen LogP contribution is -2.31. The van der Waals surface area contributed by atoms with E-state index in [0.29, 0.717) is 10.7 Å². The summed E-state index contributed by atoms with van der Waals surface area (Å²) in [6.45, 7) is 7.78. The number of hydrogen-bond donors (Lipinski definition) is 0. The summed E-state index contributed by atoms with van der Waals surface area (Å²) in [7, 11) is 0. The van der Waals surface area contributed by atoms with E-state index < -0.39 is 5.41 Å². The number of fused-ring (bicyclic) bond motifs is 1. The Hall–Kier alpha value is -2.46. The molecule has 2 heterocycles. The van der Waals surface area contributed by atoms with Gasteiger partial charge in [0.1, 0.15) is 11.8 Å². The Morgan fingerprint density at radius 3 is 2.69 bits per heavy atom. The van der Waals surface area contributed by atoms with Gasteiger partial charge in [-0.15, -0.1) is 0 Å². The highest BCUT2D eigenvalue weighted by Gasteiger charge is 2.32.